The van der Waals surface area contributed by atoms with E-state index in [1.807, 2.05) is 17.9 Å². The Labute approximate surface area is 175 Å². The number of nitrogens with one attached hydrogen (secondary N) is 2. The Morgan fingerprint density at radius 3 is 2.62 bits per heavy atom. The van der Waals surface area contributed by atoms with Crippen molar-refractivity contribution in [2.45, 2.75) is 52.5 Å². The standard InChI is InChI=1S/C20H32N4O.HI/c1-3-5-6-9-13-22-20(21-4-2)23-15-19(25)24-14-12-17-10-7-8-11-18(17)16-24;/h7-8,10-11H,3-6,9,12-16H2,1-2H3,(H2,21,22,23);1H. The summed E-state index contributed by atoms with van der Waals surface area (Å²) in [6.07, 6.45) is 5.80. The first-order valence-electron chi connectivity index (χ1n) is 9.61. The molecule has 1 aliphatic heterocycles. The normalized spacial score (nSPS) is 13.6. The Morgan fingerprint density at radius 1 is 1.12 bits per heavy atom. The molecule has 2 rings (SSSR count). The van der Waals surface area contributed by atoms with Crippen LogP contribution in [0.3, 0.4) is 0 Å². The molecule has 1 aliphatic rings. The summed E-state index contributed by atoms with van der Waals surface area (Å²) in [6, 6.07) is 8.37. The van der Waals surface area contributed by atoms with E-state index in [1.54, 1.807) is 0 Å². The van der Waals surface area contributed by atoms with E-state index < -0.39 is 0 Å². The van der Waals surface area contributed by atoms with Crippen LogP contribution in [0.15, 0.2) is 29.3 Å². The predicted octanol–water partition coefficient (Wildman–Crippen LogP) is 3.32. The van der Waals surface area contributed by atoms with Gasteiger partial charge in [0.1, 0.15) is 6.54 Å². The number of hydrogen-bond acceptors (Lipinski definition) is 2. The molecule has 0 radical (unpaired) electrons. The van der Waals surface area contributed by atoms with Crippen molar-refractivity contribution in [1.82, 2.24) is 15.5 Å². The Kier molecular flexibility index (Phi) is 11.3. The molecule has 0 spiro atoms. The minimum absolute atomic E-state index is 0. The SMILES string of the molecule is CCCCCCNC(=NCC(=O)N1CCc2ccccc2C1)NCC.I. The number of carbonyl (C=O) groups excluding carboxylic acids is 1. The van der Waals surface area contributed by atoms with Gasteiger partial charge in [0.2, 0.25) is 5.91 Å². The molecule has 1 aromatic rings. The van der Waals surface area contributed by atoms with Crippen molar-refractivity contribution in [1.29, 1.82) is 0 Å². The zero-order chi connectivity index (χ0) is 17.9. The second-order valence-corrected chi connectivity index (χ2v) is 6.52. The lowest BCUT2D eigenvalue weighted by atomic mass is 10.00. The fourth-order valence-corrected chi connectivity index (χ4v) is 3.06. The molecule has 0 aromatic heterocycles. The monoisotopic (exact) mass is 472 g/mol. The minimum atomic E-state index is 0. The van der Waals surface area contributed by atoms with Crippen LogP contribution in [0.2, 0.25) is 0 Å². The van der Waals surface area contributed by atoms with Crippen LogP contribution in [0.5, 0.6) is 0 Å². The average molecular weight is 472 g/mol. The van der Waals surface area contributed by atoms with Crippen LogP contribution in [-0.2, 0) is 17.8 Å². The number of guanidine groups is 1. The molecule has 5 nitrogen and oxygen atoms in total. The third kappa shape index (κ3) is 7.51. The van der Waals surface area contributed by atoms with E-state index in [4.69, 9.17) is 0 Å². The number of nitrogens with zero attached hydrogens (tertiary/aromatic N) is 2. The van der Waals surface area contributed by atoms with Crippen molar-refractivity contribution in [2.75, 3.05) is 26.2 Å². The molecule has 6 heteroatoms. The third-order valence-corrected chi connectivity index (χ3v) is 4.52. The third-order valence-electron chi connectivity index (χ3n) is 4.52. The number of fused-ring (bicyclic) bond motifs is 1. The van der Waals surface area contributed by atoms with Crippen molar-refractivity contribution in [3.8, 4) is 0 Å². The maximum absolute atomic E-state index is 12.5. The fraction of sp³-hybridized carbons (Fsp3) is 0.600. The van der Waals surface area contributed by atoms with E-state index in [0.717, 1.165) is 38.4 Å². The van der Waals surface area contributed by atoms with Crippen molar-refractivity contribution < 1.29 is 4.79 Å². The van der Waals surface area contributed by atoms with Gasteiger partial charge < -0.3 is 15.5 Å². The molecule has 0 fully saturated rings. The number of hydrogen-bond donors (Lipinski definition) is 2. The summed E-state index contributed by atoms with van der Waals surface area (Å²) in [5.41, 5.74) is 2.61. The Hall–Kier alpha value is -1.31. The van der Waals surface area contributed by atoms with Gasteiger partial charge in [-0.3, -0.25) is 4.79 Å². The topological polar surface area (TPSA) is 56.7 Å². The van der Waals surface area contributed by atoms with Gasteiger partial charge in [-0.25, -0.2) is 4.99 Å². The quantitative estimate of drug-likeness (QED) is 0.264. The maximum atomic E-state index is 12.5. The number of benzene rings is 1. The van der Waals surface area contributed by atoms with Crippen LogP contribution in [0, 0.1) is 0 Å². The van der Waals surface area contributed by atoms with Gasteiger partial charge in [-0.05, 0) is 30.9 Å². The first-order valence-corrected chi connectivity index (χ1v) is 9.61. The Balaban J connectivity index is 0.00000338. The number of halogens is 1. The highest BCUT2D eigenvalue weighted by atomic mass is 127. The van der Waals surface area contributed by atoms with E-state index in [-0.39, 0.29) is 36.4 Å². The van der Waals surface area contributed by atoms with Crippen LogP contribution >= 0.6 is 24.0 Å². The van der Waals surface area contributed by atoms with Gasteiger partial charge in [0.05, 0.1) is 0 Å². The average Bonchev–Trinajstić information content (AvgIpc) is 2.65. The molecule has 0 saturated carbocycles. The second-order valence-electron chi connectivity index (χ2n) is 6.52. The molecule has 0 atom stereocenters. The van der Waals surface area contributed by atoms with E-state index in [0.29, 0.717) is 6.54 Å². The van der Waals surface area contributed by atoms with E-state index >= 15 is 0 Å². The summed E-state index contributed by atoms with van der Waals surface area (Å²) in [7, 11) is 0. The summed E-state index contributed by atoms with van der Waals surface area (Å²) < 4.78 is 0. The molecule has 1 heterocycles. The van der Waals surface area contributed by atoms with E-state index in [2.05, 4.69) is 40.7 Å². The maximum Gasteiger partial charge on any atom is 0.244 e. The van der Waals surface area contributed by atoms with Crippen LogP contribution in [0.1, 0.15) is 50.7 Å². The Bertz CT molecular complexity index is 577. The van der Waals surface area contributed by atoms with Crippen LogP contribution < -0.4 is 10.6 Å². The van der Waals surface area contributed by atoms with Gasteiger partial charge in [-0.2, -0.15) is 0 Å². The minimum Gasteiger partial charge on any atom is -0.357 e. The second kappa shape index (κ2) is 12.9. The van der Waals surface area contributed by atoms with Gasteiger partial charge in [-0.1, -0.05) is 50.5 Å². The number of amides is 1. The largest absolute Gasteiger partial charge is 0.357 e. The van der Waals surface area contributed by atoms with Crippen LogP contribution in [0.25, 0.3) is 0 Å². The lowest BCUT2D eigenvalue weighted by Gasteiger charge is -2.28. The highest BCUT2D eigenvalue weighted by Crippen LogP contribution is 2.18. The summed E-state index contributed by atoms with van der Waals surface area (Å²) in [4.78, 5) is 18.9. The van der Waals surface area contributed by atoms with Crippen molar-refractivity contribution >= 4 is 35.8 Å². The first kappa shape index (κ1) is 22.7. The molecule has 0 bridgehead atoms. The molecular formula is C20H33IN4O. The molecule has 0 aliphatic carbocycles. The molecule has 2 N–H and O–H groups in total. The molecule has 0 unspecified atom stereocenters. The van der Waals surface area contributed by atoms with Gasteiger partial charge in [0, 0.05) is 26.2 Å². The number of aliphatic imine (C=N–C) groups is 1. The van der Waals surface area contributed by atoms with Gasteiger partial charge in [0.25, 0.3) is 0 Å². The van der Waals surface area contributed by atoms with Crippen LogP contribution in [0.4, 0.5) is 0 Å². The molecular weight excluding hydrogens is 439 g/mol. The number of carbonyl (C=O) groups is 1. The van der Waals surface area contributed by atoms with Crippen molar-refractivity contribution in [2.24, 2.45) is 4.99 Å². The van der Waals surface area contributed by atoms with E-state index in [1.165, 1.54) is 30.4 Å². The Morgan fingerprint density at radius 2 is 1.88 bits per heavy atom. The summed E-state index contributed by atoms with van der Waals surface area (Å²) >= 11 is 0. The molecule has 0 saturated heterocycles. The lowest BCUT2D eigenvalue weighted by molar-refractivity contribution is -0.130. The van der Waals surface area contributed by atoms with Gasteiger partial charge >= 0.3 is 0 Å². The smallest absolute Gasteiger partial charge is 0.244 e. The van der Waals surface area contributed by atoms with Crippen molar-refractivity contribution in [3.05, 3.63) is 35.4 Å². The number of rotatable bonds is 8. The zero-order valence-electron chi connectivity index (χ0n) is 16.1. The molecule has 1 amide bonds. The predicted molar refractivity (Wildman–Crippen MR) is 119 cm³/mol. The first-order chi connectivity index (χ1) is 12.2. The molecule has 26 heavy (non-hydrogen) atoms. The fourth-order valence-electron chi connectivity index (χ4n) is 3.06. The van der Waals surface area contributed by atoms with E-state index in [9.17, 15) is 4.79 Å². The zero-order valence-corrected chi connectivity index (χ0v) is 18.4. The van der Waals surface area contributed by atoms with Crippen LogP contribution in [-0.4, -0.2) is 42.9 Å². The van der Waals surface area contributed by atoms with Gasteiger partial charge in [0.15, 0.2) is 5.96 Å². The highest BCUT2D eigenvalue weighted by Gasteiger charge is 2.19. The summed E-state index contributed by atoms with van der Waals surface area (Å²) in [6.45, 7) is 7.63. The van der Waals surface area contributed by atoms with Gasteiger partial charge in [-0.15, -0.1) is 24.0 Å². The molecule has 146 valence electrons. The highest BCUT2D eigenvalue weighted by molar-refractivity contribution is 14.0. The summed E-state index contributed by atoms with van der Waals surface area (Å²) in [5.74, 6) is 0.836. The van der Waals surface area contributed by atoms with Crippen molar-refractivity contribution in [3.63, 3.8) is 0 Å². The molecule has 1 aromatic carbocycles. The number of unbranched alkanes of at least 4 members (excludes halogenated alkanes) is 3. The lowest BCUT2D eigenvalue weighted by Crippen LogP contribution is -2.40. The summed E-state index contributed by atoms with van der Waals surface area (Å²) in [5, 5.41) is 6.54.